The Morgan fingerprint density at radius 2 is 1.91 bits per heavy atom. The zero-order valence-corrected chi connectivity index (χ0v) is 19.0. The van der Waals surface area contributed by atoms with Crippen molar-refractivity contribution in [2.45, 2.75) is 44.2 Å². The van der Waals surface area contributed by atoms with Crippen LogP contribution in [0.5, 0.6) is 0 Å². The maximum Gasteiger partial charge on any atom is 0.251 e. The normalized spacial score (nSPS) is 23.1. The van der Waals surface area contributed by atoms with Crippen LogP contribution >= 0.6 is 0 Å². The van der Waals surface area contributed by atoms with Gasteiger partial charge in [-0.1, -0.05) is 12.1 Å². The van der Waals surface area contributed by atoms with Crippen LogP contribution in [0.1, 0.15) is 43.5 Å². The van der Waals surface area contributed by atoms with Crippen molar-refractivity contribution < 1.29 is 23.1 Å². The quantitative estimate of drug-likeness (QED) is 0.398. The second-order valence-corrected chi connectivity index (χ2v) is 10.3. The Kier molecular flexibility index (Phi) is 4.33. The summed E-state index contributed by atoms with van der Waals surface area (Å²) in [5, 5.41) is 19.2. The Bertz CT molecular complexity index is 1500. The zero-order valence-electron chi connectivity index (χ0n) is 19.0. The first-order chi connectivity index (χ1) is 16.5. The van der Waals surface area contributed by atoms with Crippen LogP contribution in [-0.4, -0.2) is 41.7 Å². The van der Waals surface area contributed by atoms with Gasteiger partial charge in [-0.15, -0.1) is 0 Å². The summed E-state index contributed by atoms with van der Waals surface area (Å²) >= 11 is 0. The Hall–Kier alpha value is -3.66. The van der Waals surface area contributed by atoms with Crippen molar-refractivity contribution in [3.63, 3.8) is 0 Å². The molecule has 7 rings (SSSR count). The van der Waals surface area contributed by atoms with E-state index in [1.807, 2.05) is 0 Å². The number of H-pyrrole nitrogens is 1. The Morgan fingerprint density at radius 3 is 2.57 bits per heavy atom. The highest BCUT2D eigenvalue weighted by molar-refractivity contribution is 5.96. The minimum absolute atomic E-state index is 0.0154. The molecule has 0 aliphatic heterocycles. The maximum atomic E-state index is 15.3. The fourth-order valence-corrected chi connectivity index (χ4v) is 5.64. The molecule has 3 aliphatic carbocycles. The van der Waals surface area contributed by atoms with Crippen LogP contribution in [-0.2, 0) is 0 Å². The number of aromatic amines is 1. The molecule has 3 aliphatic rings. The van der Waals surface area contributed by atoms with Gasteiger partial charge < -0.3 is 10.4 Å². The summed E-state index contributed by atoms with van der Waals surface area (Å²) in [7, 11) is 0. The lowest BCUT2D eigenvalue weighted by Crippen LogP contribution is -2.79. The summed E-state index contributed by atoms with van der Waals surface area (Å²) in [6.45, 7) is 3.58. The van der Waals surface area contributed by atoms with Crippen molar-refractivity contribution in [3.8, 4) is 22.4 Å². The SMILES string of the molecule is CC(C)(O)C12CC(NC(=O)c3ccn4c(F)c(-c5c(F)cccc5-c5cn[nH]c5F)nc4c3)(C1)C2. The highest BCUT2D eigenvalue weighted by Crippen LogP contribution is 2.71. The molecule has 180 valence electrons. The van der Waals surface area contributed by atoms with Crippen LogP contribution in [0.15, 0.2) is 42.7 Å². The van der Waals surface area contributed by atoms with Gasteiger partial charge >= 0.3 is 0 Å². The van der Waals surface area contributed by atoms with E-state index < -0.39 is 23.3 Å². The molecule has 35 heavy (non-hydrogen) atoms. The number of carbonyl (C=O) groups is 1. The molecule has 0 saturated heterocycles. The van der Waals surface area contributed by atoms with Crippen molar-refractivity contribution in [2.75, 3.05) is 0 Å². The number of aliphatic hydroxyl groups is 1. The third kappa shape index (κ3) is 3.05. The molecule has 1 aromatic carbocycles. The molecule has 1 amide bonds. The number of imidazole rings is 1. The fraction of sp³-hybridized carbons (Fsp3) is 0.320. The van der Waals surface area contributed by atoms with Crippen LogP contribution in [0.3, 0.4) is 0 Å². The number of benzene rings is 1. The first kappa shape index (κ1) is 21.8. The predicted molar refractivity (Wildman–Crippen MR) is 121 cm³/mol. The molecule has 10 heteroatoms. The van der Waals surface area contributed by atoms with Gasteiger partial charge in [-0.25, -0.2) is 9.37 Å². The number of carbonyl (C=O) groups excluding carboxylic acids is 1. The molecule has 3 saturated carbocycles. The van der Waals surface area contributed by atoms with E-state index in [9.17, 15) is 18.7 Å². The third-order valence-corrected chi connectivity index (χ3v) is 7.67. The molecule has 2 bridgehead atoms. The lowest BCUT2D eigenvalue weighted by Gasteiger charge is -2.74. The van der Waals surface area contributed by atoms with Gasteiger partial charge in [0.15, 0.2) is 0 Å². The van der Waals surface area contributed by atoms with Gasteiger partial charge in [-0.3, -0.25) is 14.3 Å². The number of nitrogens with one attached hydrogen (secondary N) is 2. The number of hydrogen-bond donors (Lipinski definition) is 3. The van der Waals surface area contributed by atoms with Crippen molar-refractivity contribution in [3.05, 3.63) is 66.0 Å². The van der Waals surface area contributed by atoms with E-state index in [1.165, 1.54) is 36.7 Å². The summed E-state index contributed by atoms with van der Waals surface area (Å²) in [6.07, 6.45) is 4.67. The van der Waals surface area contributed by atoms with Crippen LogP contribution in [0.2, 0.25) is 0 Å². The number of aromatic nitrogens is 4. The van der Waals surface area contributed by atoms with Crippen molar-refractivity contribution >= 4 is 11.6 Å². The molecular weight excluding hydrogens is 459 g/mol. The first-order valence-electron chi connectivity index (χ1n) is 11.2. The Balaban J connectivity index is 1.33. The summed E-state index contributed by atoms with van der Waals surface area (Å²) < 4.78 is 45.5. The molecule has 0 radical (unpaired) electrons. The van der Waals surface area contributed by atoms with Gasteiger partial charge in [0, 0.05) is 33.8 Å². The summed E-state index contributed by atoms with van der Waals surface area (Å²) in [5.41, 5.74) is -1.31. The van der Waals surface area contributed by atoms with Gasteiger partial charge in [0.05, 0.1) is 17.4 Å². The molecule has 0 atom stereocenters. The monoisotopic (exact) mass is 481 g/mol. The molecule has 3 aromatic heterocycles. The first-order valence-corrected chi connectivity index (χ1v) is 11.2. The fourth-order valence-electron chi connectivity index (χ4n) is 5.64. The lowest BCUT2D eigenvalue weighted by atomic mass is 9.35. The second-order valence-electron chi connectivity index (χ2n) is 10.3. The average molecular weight is 481 g/mol. The maximum absolute atomic E-state index is 15.3. The zero-order chi connectivity index (χ0) is 24.8. The van der Waals surface area contributed by atoms with Crippen LogP contribution < -0.4 is 5.32 Å². The Labute approximate surface area is 198 Å². The molecule has 0 spiro atoms. The number of rotatable bonds is 5. The minimum atomic E-state index is -0.839. The molecule has 7 nitrogen and oxygen atoms in total. The van der Waals surface area contributed by atoms with Crippen LogP contribution in [0.25, 0.3) is 28.0 Å². The van der Waals surface area contributed by atoms with E-state index in [-0.39, 0.29) is 50.5 Å². The third-order valence-electron chi connectivity index (χ3n) is 7.67. The van der Waals surface area contributed by atoms with Gasteiger partial charge in [0.1, 0.15) is 17.2 Å². The van der Waals surface area contributed by atoms with Crippen molar-refractivity contribution in [1.82, 2.24) is 24.9 Å². The largest absolute Gasteiger partial charge is 0.390 e. The average Bonchev–Trinajstić information content (AvgIpc) is 3.31. The number of pyridine rings is 1. The summed E-state index contributed by atoms with van der Waals surface area (Å²) in [4.78, 5) is 17.2. The highest BCUT2D eigenvalue weighted by atomic mass is 19.1. The molecule has 3 heterocycles. The molecular formula is C25H22F3N5O2. The molecule has 0 unspecified atom stereocenters. The number of halogens is 3. The van der Waals surface area contributed by atoms with E-state index in [2.05, 4.69) is 20.5 Å². The number of hydrogen-bond acceptors (Lipinski definition) is 4. The lowest BCUT2D eigenvalue weighted by molar-refractivity contribution is -0.247. The number of fused-ring (bicyclic) bond motifs is 1. The molecule has 4 aromatic rings. The molecule has 3 fully saturated rings. The predicted octanol–water partition coefficient (Wildman–Crippen LogP) is 4.23. The standard InChI is InChI=1S/C25H22F3N5O2/c1-23(2,35)24-10-25(11-24,12-24)31-22(34)13-6-7-33-17(8-13)30-19(21(33)28)18-14(4-3-5-16(18)26)15-9-29-32-20(15)27/h3-9,35H,10-12H2,1-2H3,(H,29,32)(H,31,34). The van der Waals surface area contributed by atoms with Gasteiger partial charge in [0.2, 0.25) is 11.9 Å². The smallest absolute Gasteiger partial charge is 0.251 e. The van der Waals surface area contributed by atoms with Crippen LogP contribution in [0, 0.1) is 23.1 Å². The van der Waals surface area contributed by atoms with Gasteiger partial charge in [-0.05, 0) is 51.3 Å². The van der Waals surface area contributed by atoms with Gasteiger partial charge in [-0.2, -0.15) is 13.9 Å². The van der Waals surface area contributed by atoms with Crippen molar-refractivity contribution in [2.24, 2.45) is 5.41 Å². The number of nitrogens with zero attached hydrogens (tertiary/aromatic N) is 3. The summed E-state index contributed by atoms with van der Waals surface area (Å²) in [6, 6.07) is 6.89. The van der Waals surface area contributed by atoms with E-state index >= 15 is 4.39 Å². The van der Waals surface area contributed by atoms with E-state index in [0.717, 1.165) is 10.5 Å². The van der Waals surface area contributed by atoms with E-state index in [1.54, 1.807) is 13.8 Å². The minimum Gasteiger partial charge on any atom is -0.390 e. The second kappa shape index (κ2) is 6.94. The number of amides is 1. The topological polar surface area (TPSA) is 95.3 Å². The van der Waals surface area contributed by atoms with Gasteiger partial charge in [0.25, 0.3) is 5.91 Å². The van der Waals surface area contributed by atoms with E-state index in [4.69, 9.17) is 0 Å². The summed E-state index contributed by atoms with van der Waals surface area (Å²) in [5.74, 6) is -2.71. The Morgan fingerprint density at radius 1 is 1.17 bits per heavy atom. The van der Waals surface area contributed by atoms with Crippen molar-refractivity contribution in [1.29, 1.82) is 0 Å². The van der Waals surface area contributed by atoms with Crippen LogP contribution in [0.4, 0.5) is 13.2 Å². The highest BCUT2D eigenvalue weighted by Gasteiger charge is 2.73. The van der Waals surface area contributed by atoms with E-state index in [0.29, 0.717) is 19.3 Å². The molecule has 3 N–H and O–H groups in total.